The summed E-state index contributed by atoms with van der Waals surface area (Å²) < 4.78 is 17.7. The Balaban J connectivity index is 1.83. The van der Waals surface area contributed by atoms with E-state index in [4.69, 9.17) is 4.52 Å². The van der Waals surface area contributed by atoms with Crippen LogP contribution in [0, 0.1) is 12.7 Å². The number of rotatable bonds is 5. The first-order valence-corrected chi connectivity index (χ1v) is 7.07. The molecule has 1 amide bonds. The van der Waals surface area contributed by atoms with E-state index < -0.39 is 0 Å². The van der Waals surface area contributed by atoms with Gasteiger partial charge < -0.3 is 9.42 Å². The number of amides is 1. The highest BCUT2D eigenvalue weighted by Gasteiger charge is 2.12. The fourth-order valence-electron chi connectivity index (χ4n) is 1.61. The highest BCUT2D eigenvalue weighted by atomic mass is 32.2. The Morgan fingerprint density at radius 3 is 2.70 bits per heavy atom. The summed E-state index contributed by atoms with van der Waals surface area (Å²) in [7, 11) is 1.72. The monoisotopic (exact) mass is 294 g/mol. The molecule has 0 aliphatic heterocycles. The maximum atomic E-state index is 12.8. The lowest BCUT2D eigenvalue weighted by molar-refractivity contribution is -0.127. The van der Waals surface area contributed by atoms with E-state index >= 15 is 0 Å². The Bertz CT molecular complexity index is 583. The molecule has 20 heavy (non-hydrogen) atoms. The Kier molecular flexibility index (Phi) is 4.79. The van der Waals surface area contributed by atoms with Gasteiger partial charge in [-0.1, -0.05) is 5.16 Å². The van der Waals surface area contributed by atoms with Gasteiger partial charge in [0.25, 0.3) is 0 Å². The highest BCUT2D eigenvalue weighted by molar-refractivity contribution is 8.00. The molecule has 0 radical (unpaired) electrons. The van der Waals surface area contributed by atoms with Crippen molar-refractivity contribution in [2.45, 2.75) is 18.4 Å². The molecule has 0 unspecified atom stereocenters. The van der Waals surface area contributed by atoms with Crippen LogP contribution in [0.3, 0.4) is 0 Å². The molecule has 0 N–H and O–H groups in total. The average Bonchev–Trinajstić information content (AvgIpc) is 2.83. The first-order chi connectivity index (χ1) is 9.54. The number of carbonyl (C=O) groups excluding carboxylic acids is 1. The second-order valence-electron chi connectivity index (χ2n) is 4.42. The first-order valence-electron chi connectivity index (χ1n) is 6.09. The van der Waals surface area contributed by atoms with Crippen molar-refractivity contribution in [1.82, 2.24) is 10.1 Å². The summed E-state index contributed by atoms with van der Waals surface area (Å²) >= 11 is 1.38. The molecule has 1 aromatic heterocycles. The van der Waals surface area contributed by atoms with E-state index in [0.717, 1.165) is 16.3 Å². The number of nitrogens with zero attached hydrogens (tertiary/aromatic N) is 2. The number of carbonyl (C=O) groups is 1. The summed E-state index contributed by atoms with van der Waals surface area (Å²) in [6.07, 6.45) is 0. The summed E-state index contributed by atoms with van der Waals surface area (Å²) in [4.78, 5) is 14.4. The zero-order valence-corrected chi connectivity index (χ0v) is 12.1. The standard InChI is InChI=1S/C14H15FN2O2S/c1-10-7-12(16-19-10)8-17(2)14(18)9-20-13-5-3-11(15)4-6-13/h3-7H,8-9H2,1-2H3. The van der Waals surface area contributed by atoms with E-state index in [2.05, 4.69) is 5.16 Å². The molecule has 4 nitrogen and oxygen atoms in total. The topological polar surface area (TPSA) is 46.3 Å². The first kappa shape index (κ1) is 14.6. The normalized spacial score (nSPS) is 10.6. The van der Waals surface area contributed by atoms with Gasteiger partial charge in [0.15, 0.2) is 0 Å². The molecule has 6 heteroatoms. The molecule has 0 saturated heterocycles. The second kappa shape index (κ2) is 6.56. The third kappa shape index (κ3) is 4.09. The summed E-state index contributed by atoms with van der Waals surface area (Å²) in [5, 5.41) is 3.85. The lowest BCUT2D eigenvalue weighted by Crippen LogP contribution is -2.27. The molecule has 2 aromatic rings. The predicted molar refractivity (Wildman–Crippen MR) is 74.8 cm³/mol. The van der Waals surface area contributed by atoms with E-state index in [9.17, 15) is 9.18 Å². The van der Waals surface area contributed by atoms with Crippen molar-refractivity contribution < 1.29 is 13.7 Å². The number of aromatic nitrogens is 1. The Morgan fingerprint density at radius 2 is 2.10 bits per heavy atom. The Hall–Kier alpha value is -1.82. The minimum absolute atomic E-state index is 0.0139. The molecule has 1 aromatic carbocycles. The van der Waals surface area contributed by atoms with Crippen molar-refractivity contribution in [1.29, 1.82) is 0 Å². The highest BCUT2D eigenvalue weighted by Crippen LogP contribution is 2.18. The molecule has 1 heterocycles. The van der Waals surface area contributed by atoms with Crippen LogP contribution in [0.2, 0.25) is 0 Å². The molecule has 0 aliphatic carbocycles. The number of halogens is 1. The molecule has 0 spiro atoms. The zero-order chi connectivity index (χ0) is 14.5. The third-order valence-electron chi connectivity index (χ3n) is 2.68. The smallest absolute Gasteiger partial charge is 0.233 e. The van der Waals surface area contributed by atoms with Crippen LogP contribution in [0.25, 0.3) is 0 Å². The molecule has 0 fully saturated rings. The van der Waals surface area contributed by atoms with Crippen LogP contribution in [-0.4, -0.2) is 28.8 Å². The zero-order valence-electron chi connectivity index (χ0n) is 11.3. The molecule has 0 saturated carbocycles. The van der Waals surface area contributed by atoms with Gasteiger partial charge in [0.2, 0.25) is 5.91 Å². The van der Waals surface area contributed by atoms with Crippen LogP contribution >= 0.6 is 11.8 Å². The van der Waals surface area contributed by atoms with Crippen LogP contribution in [0.4, 0.5) is 4.39 Å². The summed E-state index contributed by atoms with van der Waals surface area (Å²) in [5.41, 5.74) is 0.727. The van der Waals surface area contributed by atoms with E-state index in [-0.39, 0.29) is 11.7 Å². The lowest BCUT2D eigenvalue weighted by atomic mass is 10.3. The number of hydrogen-bond acceptors (Lipinski definition) is 4. The van der Waals surface area contributed by atoms with E-state index in [1.165, 1.54) is 23.9 Å². The molecular weight excluding hydrogens is 279 g/mol. The van der Waals surface area contributed by atoms with Gasteiger partial charge in [0.1, 0.15) is 17.3 Å². The number of aryl methyl sites for hydroxylation is 1. The van der Waals surface area contributed by atoms with Crippen LogP contribution in [-0.2, 0) is 11.3 Å². The van der Waals surface area contributed by atoms with Crippen LogP contribution < -0.4 is 0 Å². The quantitative estimate of drug-likeness (QED) is 0.796. The van der Waals surface area contributed by atoms with Crippen LogP contribution in [0.15, 0.2) is 39.8 Å². The fourth-order valence-corrected chi connectivity index (χ4v) is 2.45. The van der Waals surface area contributed by atoms with Gasteiger partial charge >= 0.3 is 0 Å². The lowest BCUT2D eigenvalue weighted by Gasteiger charge is -2.15. The van der Waals surface area contributed by atoms with Crippen LogP contribution in [0.1, 0.15) is 11.5 Å². The molecular formula is C14H15FN2O2S. The molecule has 2 rings (SSSR count). The van der Waals surface area contributed by atoms with E-state index in [1.54, 1.807) is 30.1 Å². The summed E-state index contributed by atoms with van der Waals surface area (Å²) in [6, 6.07) is 7.89. The van der Waals surface area contributed by atoms with Gasteiger partial charge in [0, 0.05) is 18.0 Å². The predicted octanol–water partition coefficient (Wildman–Crippen LogP) is 2.87. The van der Waals surface area contributed by atoms with Gasteiger partial charge in [-0.25, -0.2) is 4.39 Å². The molecule has 0 atom stereocenters. The van der Waals surface area contributed by atoms with Gasteiger partial charge in [-0.15, -0.1) is 11.8 Å². The number of hydrogen-bond donors (Lipinski definition) is 0. The van der Waals surface area contributed by atoms with Crippen molar-refractivity contribution in [2.75, 3.05) is 12.8 Å². The average molecular weight is 294 g/mol. The summed E-state index contributed by atoms with van der Waals surface area (Å²) in [5.74, 6) is 0.736. The van der Waals surface area contributed by atoms with E-state index in [1.807, 2.05) is 6.92 Å². The molecule has 0 bridgehead atoms. The Morgan fingerprint density at radius 1 is 1.40 bits per heavy atom. The second-order valence-corrected chi connectivity index (χ2v) is 5.47. The number of thioether (sulfide) groups is 1. The van der Waals surface area contributed by atoms with Gasteiger partial charge in [0.05, 0.1) is 12.3 Å². The third-order valence-corrected chi connectivity index (χ3v) is 3.67. The van der Waals surface area contributed by atoms with E-state index in [0.29, 0.717) is 12.3 Å². The number of benzene rings is 1. The minimum atomic E-state index is -0.279. The fraction of sp³-hybridized carbons (Fsp3) is 0.286. The molecule has 106 valence electrons. The van der Waals surface area contributed by atoms with Gasteiger partial charge in [-0.3, -0.25) is 4.79 Å². The maximum Gasteiger partial charge on any atom is 0.233 e. The van der Waals surface area contributed by atoms with Crippen LogP contribution in [0.5, 0.6) is 0 Å². The van der Waals surface area contributed by atoms with Crippen molar-refractivity contribution >= 4 is 17.7 Å². The van der Waals surface area contributed by atoms with Crippen molar-refractivity contribution in [3.05, 3.63) is 47.6 Å². The summed E-state index contributed by atoms with van der Waals surface area (Å²) in [6.45, 7) is 2.23. The minimum Gasteiger partial charge on any atom is -0.361 e. The van der Waals surface area contributed by atoms with Gasteiger partial charge in [-0.05, 0) is 31.2 Å². The maximum absolute atomic E-state index is 12.8. The van der Waals surface area contributed by atoms with Crippen molar-refractivity contribution in [3.8, 4) is 0 Å². The molecule has 0 aliphatic rings. The largest absolute Gasteiger partial charge is 0.361 e. The van der Waals surface area contributed by atoms with Gasteiger partial charge in [-0.2, -0.15) is 0 Å². The van der Waals surface area contributed by atoms with Crippen molar-refractivity contribution in [3.63, 3.8) is 0 Å². The Labute approximate surface area is 120 Å². The SMILES string of the molecule is Cc1cc(CN(C)C(=O)CSc2ccc(F)cc2)no1. The van der Waals surface area contributed by atoms with Crippen molar-refractivity contribution in [2.24, 2.45) is 0 Å².